The zero-order valence-electron chi connectivity index (χ0n) is 12.0. The van der Waals surface area contributed by atoms with Gasteiger partial charge in [-0.3, -0.25) is 9.59 Å². The van der Waals surface area contributed by atoms with E-state index in [0.29, 0.717) is 43.8 Å². The predicted octanol–water partition coefficient (Wildman–Crippen LogP) is 0.212. The van der Waals surface area contributed by atoms with Crippen molar-refractivity contribution in [2.75, 3.05) is 13.1 Å². The van der Waals surface area contributed by atoms with Crippen LogP contribution in [0, 0.1) is 11.3 Å². The number of amides is 2. The Morgan fingerprint density at radius 3 is 3.09 bits per heavy atom. The second kappa shape index (κ2) is 6.02. The third-order valence-corrected chi connectivity index (χ3v) is 3.90. The first-order chi connectivity index (χ1) is 10.7. The van der Waals surface area contributed by atoms with Crippen LogP contribution in [0.25, 0.3) is 0 Å². The molecule has 7 nitrogen and oxygen atoms in total. The van der Waals surface area contributed by atoms with E-state index < -0.39 is 6.04 Å². The number of hydrogen-bond acceptors (Lipinski definition) is 5. The normalized spacial score (nSPS) is 24.0. The molecule has 2 saturated heterocycles. The minimum absolute atomic E-state index is 0.0457. The molecular weight excluding hydrogens is 284 g/mol. The van der Waals surface area contributed by atoms with Crippen LogP contribution in [0.4, 0.5) is 0 Å². The quantitative estimate of drug-likeness (QED) is 0.861. The Hall–Kier alpha value is -2.62. The molecule has 2 atom stereocenters. The van der Waals surface area contributed by atoms with E-state index in [2.05, 4.69) is 10.3 Å². The summed E-state index contributed by atoms with van der Waals surface area (Å²) in [5.74, 6) is 0.283. The van der Waals surface area contributed by atoms with Gasteiger partial charge in [-0.25, -0.2) is 4.98 Å². The van der Waals surface area contributed by atoms with Crippen LogP contribution in [-0.2, 0) is 9.59 Å². The van der Waals surface area contributed by atoms with Crippen molar-refractivity contribution in [2.45, 2.75) is 31.4 Å². The van der Waals surface area contributed by atoms with Crippen LogP contribution in [0.5, 0.6) is 5.88 Å². The van der Waals surface area contributed by atoms with Crippen LogP contribution >= 0.6 is 0 Å². The summed E-state index contributed by atoms with van der Waals surface area (Å²) in [4.78, 5) is 29.3. The summed E-state index contributed by atoms with van der Waals surface area (Å²) in [7, 11) is 0. The Balaban J connectivity index is 1.57. The van der Waals surface area contributed by atoms with Gasteiger partial charge in [0.25, 0.3) is 0 Å². The molecule has 7 heteroatoms. The lowest BCUT2D eigenvalue weighted by Gasteiger charge is -2.20. The van der Waals surface area contributed by atoms with Crippen molar-refractivity contribution in [2.24, 2.45) is 0 Å². The molecule has 3 rings (SSSR count). The molecule has 2 aliphatic rings. The van der Waals surface area contributed by atoms with E-state index in [1.165, 1.54) is 6.20 Å². The first kappa shape index (κ1) is 14.3. The number of carbonyl (C=O) groups is 2. The van der Waals surface area contributed by atoms with E-state index in [1.54, 1.807) is 17.0 Å². The van der Waals surface area contributed by atoms with Gasteiger partial charge in [-0.15, -0.1) is 0 Å². The smallest absolute Gasteiger partial charge is 0.245 e. The molecule has 0 saturated carbocycles. The van der Waals surface area contributed by atoms with E-state index in [9.17, 15) is 9.59 Å². The summed E-state index contributed by atoms with van der Waals surface area (Å²) < 4.78 is 5.74. The molecule has 2 fully saturated rings. The van der Waals surface area contributed by atoms with Crippen molar-refractivity contribution in [1.29, 1.82) is 5.26 Å². The average Bonchev–Trinajstić information content (AvgIpc) is 3.16. The molecule has 1 aromatic rings. The van der Waals surface area contributed by atoms with Gasteiger partial charge in [0.2, 0.25) is 17.7 Å². The number of carbonyl (C=O) groups excluding carboxylic acids is 2. The lowest BCUT2D eigenvalue weighted by molar-refractivity contribution is -0.133. The minimum Gasteiger partial charge on any atom is -0.472 e. The van der Waals surface area contributed by atoms with Crippen molar-refractivity contribution in [3.8, 4) is 11.9 Å². The van der Waals surface area contributed by atoms with E-state index in [4.69, 9.17) is 10.00 Å². The van der Waals surface area contributed by atoms with Crippen LogP contribution in [0.15, 0.2) is 18.3 Å². The molecule has 0 bridgehead atoms. The van der Waals surface area contributed by atoms with Crippen LogP contribution in [0.2, 0.25) is 0 Å². The number of ether oxygens (including phenoxy) is 1. The molecule has 2 unspecified atom stereocenters. The van der Waals surface area contributed by atoms with Gasteiger partial charge in [0, 0.05) is 31.6 Å². The third-order valence-electron chi connectivity index (χ3n) is 3.90. The number of nitriles is 1. The molecule has 0 spiro atoms. The number of pyridine rings is 1. The summed E-state index contributed by atoms with van der Waals surface area (Å²) in [6.45, 7) is 1.08. The first-order valence-corrected chi connectivity index (χ1v) is 7.26. The minimum atomic E-state index is -0.397. The fourth-order valence-corrected chi connectivity index (χ4v) is 2.76. The van der Waals surface area contributed by atoms with Gasteiger partial charge in [-0.05, 0) is 12.5 Å². The summed E-state index contributed by atoms with van der Waals surface area (Å²) >= 11 is 0. The highest BCUT2D eigenvalue weighted by Gasteiger charge is 2.35. The van der Waals surface area contributed by atoms with Gasteiger partial charge in [0.05, 0.1) is 18.2 Å². The number of hydrogen-bond donors (Lipinski definition) is 1. The molecular formula is C15H16N4O3. The molecule has 22 heavy (non-hydrogen) atoms. The van der Waals surface area contributed by atoms with Crippen molar-refractivity contribution < 1.29 is 14.3 Å². The van der Waals surface area contributed by atoms with Gasteiger partial charge in [0.1, 0.15) is 12.1 Å². The average molecular weight is 300 g/mol. The number of nitrogens with one attached hydrogen (secondary N) is 1. The highest BCUT2D eigenvalue weighted by atomic mass is 16.5. The Morgan fingerprint density at radius 1 is 1.50 bits per heavy atom. The first-order valence-electron chi connectivity index (χ1n) is 7.26. The lowest BCUT2D eigenvalue weighted by Crippen LogP contribution is -2.44. The van der Waals surface area contributed by atoms with Crippen molar-refractivity contribution >= 4 is 11.8 Å². The van der Waals surface area contributed by atoms with Crippen LogP contribution in [0.3, 0.4) is 0 Å². The van der Waals surface area contributed by atoms with E-state index >= 15 is 0 Å². The number of rotatable bonds is 3. The van der Waals surface area contributed by atoms with Crippen LogP contribution < -0.4 is 10.1 Å². The Kier molecular flexibility index (Phi) is 3.92. The van der Waals surface area contributed by atoms with Gasteiger partial charge in [-0.2, -0.15) is 5.26 Å². The highest BCUT2D eigenvalue weighted by Crippen LogP contribution is 2.19. The summed E-state index contributed by atoms with van der Waals surface area (Å²) in [5.41, 5.74) is 0.490. The number of likely N-dealkylation sites (tertiary alicyclic amines) is 1. The Labute approximate surface area is 127 Å². The molecule has 3 heterocycles. The highest BCUT2D eigenvalue weighted by molar-refractivity contribution is 5.90. The maximum absolute atomic E-state index is 12.3. The summed E-state index contributed by atoms with van der Waals surface area (Å²) in [5, 5.41) is 11.6. The second-order valence-corrected chi connectivity index (χ2v) is 5.47. The molecule has 0 aliphatic carbocycles. The van der Waals surface area contributed by atoms with Crippen LogP contribution in [0.1, 0.15) is 24.8 Å². The molecule has 1 N–H and O–H groups in total. The molecule has 2 aliphatic heterocycles. The summed E-state index contributed by atoms with van der Waals surface area (Å²) in [6, 6.07) is 4.84. The van der Waals surface area contributed by atoms with Crippen molar-refractivity contribution in [1.82, 2.24) is 15.2 Å². The zero-order valence-corrected chi connectivity index (χ0v) is 12.0. The molecule has 114 valence electrons. The van der Waals surface area contributed by atoms with Gasteiger partial charge in [-0.1, -0.05) is 0 Å². The Morgan fingerprint density at radius 2 is 2.36 bits per heavy atom. The van der Waals surface area contributed by atoms with Gasteiger partial charge in [0.15, 0.2) is 0 Å². The molecule has 2 amide bonds. The maximum atomic E-state index is 12.3. The fourth-order valence-electron chi connectivity index (χ4n) is 2.76. The van der Waals surface area contributed by atoms with Gasteiger partial charge >= 0.3 is 0 Å². The van der Waals surface area contributed by atoms with E-state index in [1.807, 2.05) is 6.07 Å². The molecule has 0 radical (unpaired) electrons. The monoisotopic (exact) mass is 300 g/mol. The van der Waals surface area contributed by atoms with E-state index in [-0.39, 0.29) is 17.9 Å². The third kappa shape index (κ3) is 3.01. The largest absolute Gasteiger partial charge is 0.472 e. The topological polar surface area (TPSA) is 95.3 Å². The number of aromatic nitrogens is 1. The van der Waals surface area contributed by atoms with Crippen molar-refractivity contribution in [3.63, 3.8) is 0 Å². The SMILES string of the molecule is N#Cc1ccnc(OC2CCN(C(=O)C3CCC(=O)N3)C2)c1. The maximum Gasteiger partial charge on any atom is 0.245 e. The fraction of sp³-hybridized carbons (Fsp3) is 0.467. The molecule has 0 aromatic carbocycles. The van der Waals surface area contributed by atoms with Gasteiger partial charge < -0.3 is 15.0 Å². The predicted molar refractivity (Wildman–Crippen MR) is 75.7 cm³/mol. The molecule has 1 aromatic heterocycles. The van der Waals surface area contributed by atoms with E-state index in [0.717, 1.165) is 0 Å². The number of nitrogens with zero attached hydrogens (tertiary/aromatic N) is 3. The zero-order chi connectivity index (χ0) is 15.5. The summed E-state index contributed by atoms with van der Waals surface area (Å²) in [6.07, 6.45) is 3.08. The second-order valence-electron chi connectivity index (χ2n) is 5.47. The lowest BCUT2D eigenvalue weighted by atomic mass is 10.2. The Bertz CT molecular complexity index is 640. The van der Waals surface area contributed by atoms with Crippen LogP contribution in [-0.4, -0.2) is 46.9 Å². The standard InChI is InChI=1S/C15H16N4O3/c16-8-10-3-5-17-14(7-10)22-11-4-6-19(9-11)15(21)12-1-2-13(20)18-12/h3,5,7,11-12H,1-2,4,6,9H2,(H,18,20). The van der Waals surface area contributed by atoms with Crippen molar-refractivity contribution in [3.05, 3.63) is 23.9 Å².